The van der Waals surface area contributed by atoms with Gasteiger partial charge in [-0.3, -0.25) is 9.30 Å². The van der Waals surface area contributed by atoms with Gasteiger partial charge in [-0.25, -0.2) is 4.39 Å². The average Bonchev–Trinajstić information content (AvgIpc) is 2.95. The minimum Gasteiger partial charge on any atom is -0.395 e. The van der Waals surface area contributed by atoms with Gasteiger partial charge in [0.05, 0.1) is 12.1 Å². The predicted molar refractivity (Wildman–Crippen MR) is 68.2 cm³/mol. The predicted octanol–water partition coefficient (Wildman–Crippen LogP) is 1.17. The molecule has 1 fully saturated rings. The minimum absolute atomic E-state index is 0.112. The number of pyridine rings is 1. The number of nitrogens with zero attached hydrogens (tertiary/aromatic N) is 4. The van der Waals surface area contributed by atoms with Gasteiger partial charge in [-0.1, -0.05) is 0 Å². The molecule has 0 bridgehead atoms. The quantitative estimate of drug-likeness (QED) is 0.904. The number of rotatable bonds is 3. The lowest BCUT2D eigenvalue weighted by Crippen LogP contribution is -2.41. The standard InChI is InChI=1S/C13H17FN4O/c1-13(5-2-6-17(13)7-8-19)12-16-15-11-4-3-10(14)9-18(11)12/h3-4,9,19H,2,5-8H2,1H3/t13-/m0/s1. The van der Waals surface area contributed by atoms with E-state index in [1.807, 2.05) is 0 Å². The number of hydrogen-bond acceptors (Lipinski definition) is 4. The Morgan fingerprint density at radius 1 is 1.42 bits per heavy atom. The van der Waals surface area contributed by atoms with E-state index < -0.39 is 0 Å². The van der Waals surface area contributed by atoms with Crippen LogP contribution in [0.1, 0.15) is 25.6 Å². The van der Waals surface area contributed by atoms with E-state index in [0.29, 0.717) is 12.2 Å². The van der Waals surface area contributed by atoms with Crippen LogP contribution >= 0.6 is 0 Å². The van der Waals surface area contributed by atoms with Crippen molar-refractivity contribution in [2.45, 2.75) is 25.3 Å². The lowest BCUT2D eigenvalue weighted by Gasteiger charge is -2.33. The normalized spacial score (nSPS) is 24.4. The van der Waals surface area contributed by atoms with Gasteiger partial charge in [0.1, 0.15) is 5.82 Å². The monoisotopic (exact) mass is 264 g/mol. The summed E-state index contributed by atoms with van der Waals surface area (Å²) in [6.45, 7) is 3.71. The first-order valence-electron chi connectivity index (χ1n) is 6.52. The van der Waals surface area contributed by atoms with Crippen LogP contribution in [-0.2, 0) is 5.54 Å². The fourth-order valence-corrected chi connectivity index (χ4v) is 2.98. The van der Waals surface area contributed by atoms with Gasteiger partial charge in [0, 0.05) is 12.7 Å². The summed E-state index contributed by atoms with van der Waals surface area (Å²) in [4.78, 5) is 2.19. The molecule has 1 aliphatic heterocycles. The summed E-state index contributed by atoms with van der Waals surface area (Å²) >= 11 is 0. The number of fused-ring (bicyclic) bond motifs is 1. The molecule has 0 unspecified atom stereocenters. The zero-order valence-electron chi connectivity index (χ0n) is 10.9. The Labute approximate surface area is 110 Å². The number of halogens is 1. The Balaban J connectivity index is 2.09. The molecule has 3 heterocycles. The van der Waals surface area contributed by atoms with Crippen molar-refractivity contribution in [1.29, 1.82) is 0 Å². The maximum atomic E-state index is 13.4. The second kappa shape index (κ2) is 4.54. The van der Waals surface area contributed by atoms with Crippen LogP contribution in [0.2, 0.25) is 0 Å². The summed E-state index contributed by atoms with van der Waals surface area (Å²) < 4.78 is 15.1. The first-order valence-corrected chi connectivity index (χ1v) is 6.52. The number of aromatic nitrogens is 3. The molecular weight excluding hydrogens is 247 g/mol. The van der Waals surface area contributed by atoms with Gasteiger partial charge >= 0.3 is 0 Å². The van der Waals surface area contributed by atoms with E-state index >= 15 is 0 Å². The molecule has 1 atom stereocenters. The van der Waals surface area contributed by atoms with Crippen LogP contribution in [0.25, 0.3) is 5.65 Å². The molecule has 1 N–H and O–H groups in total. The number of likely N-dealkylation sites (tertiary alicyclic amines) is 1. The molecule has 102 valence electrons. The van der Waals surface area contributed by atoms with Crippen molar-refractivity contribution in [3.63, 3.8) is 0 Å². The highest BCUT2D eigenvalue weighted by molar-refractivity contribution is 5.38. The van der Waals surface area contributed by atoms with Crippen molar-refractivity contribution >= 4 is 5.65 Å². The highest BCUT2D eigenvalue weighted by Crippen LogP contribution is 2.37. The summed E-state index contributed by atoms with van der Waals surface area (Å²) in [6, 6.07) is 3.01. The largest absolute Gasteiger partial charge is 0.395 e. The third kappa shape index (κ3) is 1.91. The first kappa shape index (κ1) is 12.5. The van der Waals surface area contributed by atoms with Crippen LogP contribution in [-0.4, -0.2) is 44.3 Å². The van der Waals surface area contributed by atoms with Crippen molar-refractivity contribution < 1.29 is 9.50 Å². The van der Waals surface area contributed by atoms with E-state index in [9.17, 15) is 4.39 Å². The Hall–Kier alpha value is -1.53. The molecule has 1 aliphatic rings. The SMILES string of the molecule is C[C@@]1(c2nnc3ccc(F)cn23)CCCN1CCO. The molecule has 3 rings (SSSR count). The first-order chi connectivity index (χ1) is 9.15. The van der Waals surface area contributed by atoms with E-state index in [1.54, 1.807) is 10.5 Å². The number of β-amino-alcohol motifs (C(OH)–C–C–N with tert-alkyl or cyclic N) is 1. The molecule has 0 aromatic carbocycles. The van der Waals surface area contributed by atoms with Crippen LogP contribution in [0.3, 0.4) is 0 Å². The van der Waals surface area contributed by atoms with Gasteiger partial charge in [-0.15, -0.1) is 10.2 Å². The van der Waals surface area contributed by atoms with E-state index in [4.69, 9.17) is 5.11 Å². The van der Waals surface area contributed by atoms with Gasteiger partial charge < -0.3 is 5.11 Å². The molecule has 19 heavy (non-hydrogen) atoms. The summed E-state index contributed by atoms with van der Waals surface area (Å²) in [5.41, 5.74) is 0.351. The fourth-order valence-electron chi connectivity index (χ4n) is 2.98. The van der Waals surface area contributed by atoms with E-state index in [0.717, 1.165) is 25.2 Å². The lowest BCUT2D eigenvalue weighted by molar-refractivity contribution is 0.113. The van der Waals surface area contributed by atoms with Crippen molar-refractivity contribution in [2.75, 3.05) is 19.7 Å². The van der Waals surface area contributed by atoms with Crippen molar-refractivity contribution in [3.8, 4) is 0 Å². The minimum atomic E-state index is -0.302. The molecule has 0 spiro atoms. The smallest absolute Gasteiger partial charge is 0.161 e. The average molecular weight is 264 g/mol. The maximum Gasteiger partial charge on any atom is 0.161 e. The third-order valence-corrected chi connectivity index (χ3v) is 4.01. The fraction of sp³-hybridized carbons (Fsp3) is 0.538. The molecule has 2 aromatic rings. The molecular formula is C13H17FN4O. The third-order valence-electron chi connectivity index (χ3n) is 4.01. The zero-order valence-corrected chi connectivity index (χ0v) is 10.9. The summed E-state index contributed by atoms with van der Waals surface area (Å²) in [7, 11) is 0. The number of aliphatic hydroxyl groups excluding tert-OH is 1. The maximum absolute atomic E-state index is 13.4. The van der Waals surface area contributed by atoms with Crippen LogP contribution in [0.5, 0.6) is 0 Å². The summed E-state index contributed by atoms with van der Waals surface area (Å²) in [5, 5.41) is 17.5. The second-order valence-corrected chi connectivity index (χ2v) is 5.19. The highest BCUT2D eigenvalue weighted by Gasteiger charge is 2.41. The van der Waals surface area contributed by atoms with Gasteiger partial charge in [-0.05, 0) is 38.4 Å². The van der Waals surface area contributed by atoms with E-state index in [-0.39, 0.29) is 18.0 Å². The molecule has 5 nitrogen and oxygen atoms in total. The van der Waals surface area contributed by atoms with Crippen LogP contribution in [0.4, 0.5) is 4.39 Å². The Kier molecular flexibility index (Phi) is 2.99. The molecule has 2 aromatic heterocycles. The van der Waals surface area contributed by atoms with Crippen LogP contribution in [0, 0.1) is 5.82 Å². The second-order valence-electron chi connectivity index (χ2n) is 5.19. The molecule has 0 aliphatic carbocycles. The van der Waals surface area contributed by atoms with Crippen LogP contribution in [0.15, 0.2) is 18.3 Å². The topological polar surface area (TPSA) is 53.7 Å². The van der Waals surface area contributed by atoms with Crippen molar-refractivity contribution in [2.24, 2.45) is 0 Å². The van der Waals surface area contributed by atoms with E-state index in [2.05, 4.69) is 22.0 Å². The molecule has 0 saturated carbocycles. The van der Waals surface area contributed by atoms with Crippen molar-refractivity contribution in [1.82, 2.24) is 19.5 Å². The Bertz CT molecular complexity index is 599. The summed E-state index contributed by atoms with van der Waals surface area (Å²) in [6.07, 6.45) is 3.40. The summed E-state index contributed by atoms with van der Waals surface area (Å²) in [5.74, 6) is 0.441. The number of hydrogen-bond donors (Lipinski definition) is 1. The van der Waals surface area contributed by atoms with Crippen LogP contribution < -0.4 is 0 Å². The Morgan fingerprint density at radius 2 is 2.26 bits per heavy atom. The number of aliphatic hydroxyl groups is 1. The molecule has 0 radical (unpaired) electrons. The van der Waals surface area contributed by atoms with Gasteiger partial charge in [-0.2, -0.15) is 0 Å². The lowest BCUT2D eigenvalue weighted by atomic mass is 9.98. The Morgan fingerprint density at radius 3 is 3.05 bits per heavy atom. The van der Waals surface area contributed by atoms with Gasteiger partial charge in [0.15, 0.2) is 11.5 Å². The molecule has 6 heteroatoms. The molecule has 1 saturated heterocycles. The highest BCUT2D eigenvalue weighted by atomic mass is 19.1. The van der Waals surface area contributed by atoms with Crippen molar-refractivity contribution in [3.05, 3.63) is 30.0 Å². The molecule has 0 amide bonds. The van der Waals surface area contributed by atoms with E-state index in [1.165, 1.54) is 12.3 Å². The zero-order chi connectivity index (χ0) is 13.5. The van der Waals surface area contributed by atoms with Gasteiger partial charge in [0.2, 0.25) is 0 Å². The van der Waals surface area contributed by atoms with Gasteiger partial charge in [0.25, 0.3) is 0 Å².